The van der Waals surface area contributed by atoms with Gasteiger partial charge in [0.05, 0.1) is 12.3 Å². The maximum absolute atomic E-state index is 12.9. The molecule has 0 spiro atoms. The predicted octanol–water partition coefficient (Wildman–Crippen LogP) is 5.25. The lowest BCUT2D eigenvalue weighted by Gasteiger charge is -2.19. The van der Waals surface area contributed by atoms with Crippen molar-refractivity contribution in [2.75, 3.05) is 39.2 Å². The molecule has 0 aliphatic carbocycles. The van der Waals surface area contributed by atoms with Gasteiger partial charge in [0, 0.05) is 24.6 Å². The molecule has 40 heavy (non-hydrogen) atoms. The third-order valence-corrected chi connectivity index (χ3v) is 6.10. The van der Waals surface area contributed by atoms with Crippen LogP contribution in [0.4, 0.5) is 5.82 Å². The molecule has 0 bridgehead atoms. The number of benzene rings is 3. The molecule has 8 nitrogen and oxygen atoms in total. The molecule has 0 radical (unpaired) electrons. The average molecular weight is 541 g/mol. The number of ether oxygens (including phenoxy) is 3. The maximum Gasteiger partial charge on any atom is 0.328 e. The van der Waals surface area contributed by atoms with Crippen molar-refractivity contribution in [1.82, 2.24) is 14.9 Å². The number of hydrogen-bond acceptors (Lipinski definition) is 8. The number of carbonyl (C=O) groups excluding carboxylic acids is 1. The lowest BCUT2D eigenvalue weighted by atomic mass is 10.1. The van der Waals surface area contributed by atoms with Crippen molar-refractivity contribution in [2.24, 2.45) is 0 Å². The van der Waals surface area contributed by atoms with E-state index in [9.17, 15) is 4.79 Å². The quantitative estimate of drug-likeness (QED) is 0.217. The first-order chi connectivity index (χ1) is 19.5. The van der Waals surface area contributed by atoms with E-state index < -0.39 is 6.04 Å². The lowest BCUT2D eigenvalue weighted by Crippen LogP contribution is -2.34. The van der Waals surface area contributed by atoms with Crippen LogP contribution in [-0.4, -0.2) is 60.7 Å². The fraction of sp³-hybridized carbons (Fsp3) is 0.281. The molecule has 1 heterocycles. The molecular formula is C32H36N4O4. The molecule has 0 aliphatic rings. The Bertz CT molecular complexity index is 1350. The van der Waals surface area contributed by atoms with E-state index >= 15 is 0 Å². The standard InChI is InChI=1S/C32H36N4O4/c1-4-38-32(37)30(20-25-11-8-12-28(19-25)39-18-17-36(2)3)35-31-21-29(33-23-34-31)26-13-15-27(16-14-26)40-22-24-9-6-5-7-10-24/h5-16,19,21,23,30H,4,17-18,20,22H2,1-3H3,(H,33,34,35). The molecule has 4 rings (SSSR count). The van der Waals surface area contributed by atoms with Gasteiger partial charge in [-0.2, -0.15) is 0 Å². The summed E-state index contributed by atoms with van der Waals surface area (Å²) in [4.78, 5) is 23.7. The van der Waals surface area contributed by atoms with Gasteiger partial charge in [-0.15, -0.1) is 0 Å². The van der Waals surface area contributed by atoms with Crippen LogP contribution >= 0.6 is 0 Å². The molecule has 4 aromatic rings. The van der Waals surface area contributed by atoms with Gasteiger partial charge in [-0.3, -0.25) is 0 Å². The van der Waals surface area contributed by atoms with Crippen molar-refractivity contribution >= 4 is 11.8 Å². The highest BCUT2D eigenvalue weighted by Crippen LogP contribution is 2.24. The molecule has 0 saturated heterocycles. The second kappa shape index (κ2) is 14.6. The highest BCUT2D eigenvalue weighted by Gasteiger charge is 2.21. The number of rotatable bonds is 14. The first-order valence-electron chi connectivity index (χ1n) is 13.4. The van der Waals surface area contributed by atoms with Crippen LogP contribution in [0.15, 0.2) is 91.3 Å². The predicted molar refractivity (Wildman–Crippen MR) is 156 cm³/mol. The van der Waals surface area contributed by atoms with Crippen LogP contribution in [0.1, 0.15) is 18.1 Å². The largest absolute Gasteiger partial charge is 0.492 e. The van der Waals surface area contributed by atoms with E-state index in [-0.39, 0.29) is 5.97 Å². The number of esters is 1. The van der Waals surface area contributed by atoms with Crippen molar-refractivity contribution in [2.45, 2.75) is 26.0 Å². The van der Waals surface area contributed by atoms with E-state index in [4.69, 9.17) is 14.2 Å². The highest BCUT2D eigenvalue weighted by molar-refractivity contribution is 5.79. The summed E-state index contributed by atoms with van der Waals surface area (Å²) in [5, 5.41) is 3.25. The zero-order chi connectivity index (χ0) is 28.2. The zero-order valence-electron chi connectivity index (χ0n) is 23.2. The van der Waals surface area contributed by atoms with Crippen molar-refractivity contribution in [3.05, 3.63) is 102 Å². The summed E-state index contributed by atoms with van der Waals surface area (Å²) in [6, 6.07) is 26.8. The second-order valence-electron chi connectivity index (χ2n) is 9.54. The van der Waals surface area contributed by atoms with Gasteiger partial charge in [-0.05, 0) is 68.5 Å². The number of nitrogens with zero attached hydrogens (tertiary/aromatic N) is 3. The van der Waals surface area contributed by atoms with Crippen molar-refractivity contribution in [3.8, 4) is 22.8 Å². The van der Waals surface area contributed by atoms with Gasteiger partial charge < -0.3 is 24.4 Å². The van der Waals surface area contributed by atoms with Gasteiger partial charge >= 0.3 is 5.97 Å². The first kappa shape index (κ1) is 28.6. The molecule has 1 N–H and O–H groups in total. The summed E-state index contributed by atoms with van der Waals surface area (Å²) in [7, 11) is 4.01. The Hall–Kier alpha value is -4.43. The zero-order valence-corrected chi connectivity index (χ0v) is 23.2. The second-order valence-corrected chi connectivity index (χ2v) is 9.54. The van der Waals surface area contributed by atoms with Crippen molar-refractivity contribution in [1.29, 1.82) is 0 Å². The van der Waals surface area contributed by atoms with Gasteiger partial charge in [0.15, 0.2) is 0 Å². The Morgan fingerprint density at radius 1 is 0.875 bits per heavy atom. The van der Waals surface area contributed by atoms with Gasteiger partial charge in [-0.25, -0.2) is 14.8 Å². The molecule has 1 unspecified atom stereocenters. The smallest absolute Gasteiger partial charge is 0.328 e. The first-order valence-corrected chi connectivity index (χ1v) is 13.4. The third kappa shape index (κ3) is 8.81. The molecule has 0 saturated carbocycles. The van der Waals surface area contributed by atoms with Crippen LogP contribution in [0.2, 0.25) is 0 Å². The Morgan fingerprint density at radius 3 is 2.40 bits per heavy atom. The molecule has 0 fully saturated rings. The summed E-state index contributed by atoms with van der Waals surface area (Å²) < 4.78 is 17.1. The molecule has 208 valence electrons. The Morgan fingerprint density at radius 2 is 1.65 bits per heavy atom. The van der Waals surface area contributed by atoms with Crippen LogP contribution in [0.5, 0.6) is 11.5 Å². The van der Waals surface area contributed by atoms with Crippen LogP contribution < -0.4 is 14.8 Å². The van der Waals surface area contributed by atoms with Crippen molar-refractivity contribution < 1.29 is 19.0 Å². The number of likely N-dealkylation sites (N-methyl/N-ethyl adjacent to an activating group) is 1. The SMILES string of the molecule is CCOC(=O)C(Cc1cccc(OCCN(C)C)c1)Nc1cc(-c2ccc(OCc3ccccc3)cc2)ncn1. The van der Waals surface area contributed by atoms with Crippen LogP contribution in [0.25, 0.3) is 11.3 Å². The molecule has 1 aromatic heterocycles. The normalized spacial score (nSPS) is 11.6. The number of hydrogen-bond donors (Lipinski definition) is 1. The maximum atomic E-state index is 12.9. The average Bonchev–Trinajstić information content (AvgIpc) is 2.97. The highest BCUT2D eigenvalue weighted by atomic mass is 16.5. The number of nitrogens with one attached hydrogen (secondary N) is 1. The molecular weight excluding hydrogens is 504 g/mol. The third-order valence-electron chi connectivity index (χ3n) is 6.10. The minimum atomic E-state index is -0.631. The topological polar surface area (TPSA) is 85.8 Å². The minimum Gasteiger partial charge on any atom is -0.492 e. The number of anilines is 1. The molecule has 0 aliphatic heterocycles. The van der Waals surface area contributed by atoms with Gasteiger partial charge in [-0.1, -0.05) is 42.5 Å². The van der Waals surface area contributed by atoms with E-state index in [1.54, 1.807) is 6.92 Å². The summed E-state index contributed by atoms with van der Waals surface area (Å²) in [5.74, 6) is 1.73. The number of carbonyl (C=O) groups is 1. The minimum absolute atomic E-state index is 0.290. The summed E-state index contributed by atoms with van der Waals surface area (Å²) in [6.07, 6.45) is 1.90. The van der Waals surface area contributed by atoms with E-state index in [2.05, 4.69) is 20.2 Å². The molecule has 0 amide bonds. The van der Waals surface area contributed by atoms with E-state index in [0.29, 0.717) is 32.1 Å². The van der Waals surface area contributed by atoms with E-state index in [0.717, 1.165) is 40.4 Å². The fourth-order valence-corrected chi connectivity index (χ4v) is 4.02. The number of aromatic nitrogens is 2. The van der Waals surface area contributed by atoms with E-state index in [1.165, 1.54) is 6.33 Å². The van der Waals surface area contributed by atoms with Crippen molar-refractivity contribution in [3.63, 3.8) is 0 Å². The monoisotopic (exact) mass is 540 g/mol. The Labute approximate surface area is 236 Å². The van der Waals surface area contributed by atoms with Crippen LogP contribution in [0, 0.1) is 0 Å². The molecule has 3 aromatic carbocycles. The molecule has 8 heteroatoms. The van der Waals surface area contributed by atoms with Gasteiger partial charge in [0.25, 0.3) is 0 Å². The fourth-order valence-electron chi connectivity index (χ4n) is 4.02. The summed E-state index contributed by atoms with van der Waals surface area (Å²) in [5.41, 5.74) is 3.70. The van der Waals surface area contributed by atoms with E-state index in [1.807, 2.05) is 99.0 Å². The lowest BCUT2D eigenvalue weighted by molar-refractivity contribution is -0.144. The Balaban J connectivity index is 1.43. The van der Waals surface area contributed by atoms with Gasteiger partial charge in [0.1, 0.15) is 42.9 Å². The van der Waals surface area contributed by atoms with Crippen LogP contribution in [0.3, 0.4) is 0 Å². The molecule has 1 atom stereocenters. The van der Waals surface area contributed by atoms with Gasteiger partial charge in [0.2, 0.25) is 0 Å². The summed E-state index contributed by atoms with van der Waals surface area (Å²) in [6.45, 7) is 3.99. The van der Waals surface area contributed by atoms with Crippen LogP contribution in [-0.2, 0) is 22.6 Å². The Kier molecular flexibility index (Phi) is 10.5. The summed E-state index contributed by atoms with van der Waals surface area (Å²) >= 11 is 0.